The van der Waals surface area contributed by atoms with Crippen molar-refractivity contribution in [1.29, 1.82) is 0 Å². The van der Waals surface area contributed by atoms with E-state index in [2.05, 4.69) is 15.3 Å². The number of nitrogens with zero attached hydrogens (tertiary/aromatic N) is 5. The Kier molecular flexibility index (Phi) is 5.15. The molecule has 0 N–H and O–H groups in total. The summed E-state index contributed by atoms with van der Waals surface area (Å²) in [6.45, 7) is 7.35. The molecule has 0 saturated heterocycles. The highest BCUT2D eigenvalue weighted by atomic mass is 32.2. The Bertz CT molecular complexity index is 826. The first-order chi connectivity index (χ1) is 11.6. The minimum atomic E-state index is -0.184. The predicted molar refractivity (Wildman–Crippen MR) is 97.3 cm³/mol. The van der Waals surface area contributed by atoms with Gasteiger partial charge in [-0.2, -0.15) is 9.61 Å². The van der Waals surface area contributed by atoms with Crippen LogP contribution in [-0.2, 0) is 4.79 Å². The van der Waals surface area contributed by atoms with Gasteiger partial charge >= 0.3 is 0 Å². The maximum atomic E-state index is 12.4. The van der Waals surface area contributed by atoms with Gasteiger partial charge in [-0.15, -0.1) is 21.5 Å². The van der Waals surface area contributed by atoms with Gasteiger partial charge in [0.15, 0.2) is 11.5 Å². The molecule has 0 saturated carbocycles. The second-order valence-corrected chi connectivity index (χ2v) is 7.52. The van der Waals surface area contributed by atoms with Crippen LogP contribution in [0.1, 0.15) is 20.8 Å². The molecule has 0 fully saturated rings. The Hall–Kier alpha value is -1.93. The molecule has 24 heavy (non-hydrogen) atoms. The fraction of sp³-hybridized carbons (Fsp3) is 0.375. The number of hydrogen-bond acceptors (Lipinski definition) is 6. The summed E-state index contributed by atoms with van der Waals surface area (Å²) in [7, 11) is 0. The monoisotopic (exact) mass is 361 g/mol. The summed E-state index contributed by atoms with van der Waals surface area (Å²) in [4.78, 5) is 15.3. The van der Waals surface area contributed by atoms with Crippen molar-refractivity contribution in [2.45, 2.75) is 31.0 Å². The normalized spacial score (nSPS) is 12.5. The van der Waals surface area contributed by atoms with Gasteiger partial charge in [0.2, 0.25) is 5.91 Å². The summed E-state index contributed by atoms with van der Waals surface area (Å²) in [5, 5.41) is 15.6. The van der Waals surface area contributed by atoms with Crippen molar-refractivity contribution >= 4 is 34.7 Å². The third-order valence-electron chi connectivity index (χ3n) is 3.70. The Morgan fingerprint density at radius 2 is 2.08 bits per heavy atom. The molecule has 0 spiro atoms. The fourth-order valence-corrected chi connectivity index (χ4v) is 4.00. The minimum absolute atomic E-state index is 0.133. The van der Waals surface area contributed by atoms with E-state index in [1.165, 1.54) is 11.8 Å². The zero-order valence-electron chi connectivity index (χ0n) is 13.8. The lowest BCUT2D eigenvalue weighted by atomic mass is 10.4. The Labute approximate surface area is 148 Å². The summed E-state index contributed by atoms with van der Waals surface area (Å²) < 4.78 is 1.74. The number of amides is 1. The maximum Gasteiger partial charge on any atom is 0.235 e. The minimum Gasteiger partial charge on any atom is -0.342 e. The van der Waals surface area contributed by atoms with Crippen molar-refractivity contribution in [3.8, 4) is 10.7 Å². The highest BCUT2D eigenvalue weighted by molar-refractivity contribution is 8.00. The van der Waals surface area contributed by atoms with Crippen LogP contribution in [0.4, 0.5) is 0 Å². The summed E-state index contributed by atoms with van der Waals surface area (Å²) in [5.74, 6) is 0.860. The standard InChI is InChI=1S/C16H19N5OS2/c1-4-20(5-2)16(22)11(3)24-14-9-8-13-17-18-15(21(13)19-14)12-7-6-10-23-12/h6-11H,4-5H2,1-3H3. The second kappa shape index (κ2) is 7.31. The summed E-state index contributed by atoms with van der Waals surface area (Å²) in [5.41, 5.74) is 0.700. The smallest absolute Gasteiger partial charge is 0.235 e. The van der Waals surface area contributed by atoms with Gasteiger partial charge in [-0.3, -0.25) is 4.79 Å². The lowest BCUT2D eigenvalue weighted by Gasteiger charge is -2.22. The van der Waals surface area contributed by atoms with E-state index in [1.807, 2.05) is 55.3 Å². The molecular weight excluding hydrogens is 342 g/mol. The summed E-state index contributed by atoms with van der Waals surface area (Å²) in [6.07, 6.45) is 0. The molecule has 1 amide bonds. The third kappa shape index (κ3) is 3.29. The molecule has 8 heteroatoms. The molecule has 1 unspecified atom stereocenters. The Balaban J connectivity index is 1.85. The number of aromatic nitrogens is 4. The molecule has 0 aliphatic rings. The number of rotatable bonds is 6. The molecular formula is C16H19N5OS2. The second-order valence-electron chi connectivity index (χ2n) is 5.21. The number of carbonyl (C=O) groups excluding carboxylic acids is 1. The van der Waals surface area contributed by atoms with Crippen molar-refractivity contribution < 1.29 is 4.79 Å². The van der Waals surface area contributed by atoms with Gasteiger partial charge in [0, 0.05) is 13.1 Å². The van der Waals surface area contributed by atoms with Crippen LogP contribution in [-0.4, -0.2) is 49.0 Å². The van der Waals surface area contributed by atoms with Crippen LogP contribution in [0.3, 0.4) is 0 Å². The molecule has 0 radical (unpaired) electrons. The number of thiophene rings is 1. The molecule has 1 atom stereocenters. The molecule has 3 aromatic heterocycles. The van der Waals surface area contributed by atoms with Gasteiger partial charge in [-0.25, -0.2) is 0 Å². The van der Waals surface area contributed by atoms with Gasteiger partial charge in [0.05, 0.1) is 10.1 Å². The molecule has 126 valence electrons. The van der Waals surface area contributed by atoms with E-state index in [4.69, 9.17) is 0 Å². The Morgan fingerprint density at radius 3 is 2.75 bits per heavy atom. The average molecular weight is 361 g/mol. The maximum absolute atomic E-state index is 12.4. The molecule has 3 rings (SSSR count). The predicted octanol–water partition coefficient (Wildman–Crippen LogP) is 3.20. The quantitative estimate of drug-likeness (QED) is 0.631. The fourth-order valence-electron chi connectivity index (χ4n) is 2.42. The highest BCUT2D eigenvalue weighted by Gasteiger charge is 2.20. The van der Waals surface area contributed by atoms with Gasteiger partial charge in [-0.1, -0.05) is 17.8 Å². The van der Waals surface area contributed by atoms with E-state index in [-0.39, 0.29) is 11.2 Å². The van der Waals surface area contributed by atoms with Crippen molar-refractivity contribution in [3.05, 3.63) is 29.6 Å². The molecule has 0 aromatic carbocycles. The van der Waals surface area contributed by atoms with Crippen LogP contribution in [0.25, 0.3) is 16.3 Å². The molecule has 6 nitrogen and oxygen atoms in total. The van der Waals surface area contributed by atoms with E-state index in [0.29, 0.717) is 5.65 Å². The third-order valence-corrected chi connectivity index (χ3v) is 5.58. The summed E-state index contributed by atoms with van der Waals surface area (Å²) in [6, 6.07) is 7.74. The van der Waals surface area contributed by atoms with Crippen LogP contribution in [0.2, 0.25) is 0 Å². The van der Waals surface area contributed by atoms with Gasteiger partial charge in [0.1, 0.15) is 5.03 Å². The number of thioether (sulfide) groups is 1. The van der Waals surface area contributed by atoms with Crippen molar-refractivity contribution in [1.82, 2.24) is 24.7 Å². The topological polar surface area (TPSA) is 63.4 Å². The van der Waals surface area contributed by atoms with E-state index in [0.717, 1.165) is 28.8 Å². The lowest BCUT2D eigenvalue weighted by Crippen LogP contribution is -2.36. The lowest BCUT2D eigenvalue weighted by molar-refractivity contribution is -0.129. The van der Waals surface area contributed by atoms with E-state index in [1.54, 1.807) is 15.9 Å². The molecule has 0 aliphatic carbocycles. The zero-order valence-corrected chi connectivity index (χ0v) is 15.5. The highest BCUT2D eigenvalue weighted by Crippen LogP contribution is 2.26. The van der Waals surface area contributed by atoms with Crippen LogP contribution >= 0.6 is 23.1 Å². The van der Waals surface area contributed by atoms with Crippen molar-refractivity contribution in [2.75, 3.05) is 13.1 Å². The SMILES string of the molecule is CCN(CC)C(=O)C(C)Sc1ccc2nnc(-c3cccs3)n2n1. The van der Waals surface area contributed by atoms with E-state index >= 15 is 0 Å². The zero-order chi connectivity index (χ0) is 17.1. The molecule has 3 aromatic rings. The number of hydrogen-bond donors (Lipinski definition) is 0. The van der Waals surface area contributed by atoms with Crippen LogP contribution in [0.15, 0.2) is 34.7 Å². The van der Waals surface area contributed by atoms with Crippen LogP contribution < -0.4 is 0 Å². The van der Waals surface area contributed by atoms with E-state index in [9.17, 15) is 4.79 Å². The number of carbonyl (C=O) groups is 1. The average Bonchev–Trinajstić information content (AvgIpc) is 3.24. The molecule has 3 heterocycles. The van der Waals surface area contributed by atoms with Crippen molar-refractivity contribution in [2.24, 2.45) is 0 Å². The summed E-state index contributed by atoms with van der Waals surface area (Å²) >= 11 is 3.06. The first-order valence-corrected chi connectivity index (χ1v) is 9.61. The number of fused-ring (bicyclic) bond motifs is 1. The first kappa shape index (κ1) is 16.9. The van der Waals surface area contributed by atoms with Gasteiger partial charge in [-0.05, 0) is 44.4 Å². The van der Waals surface area contributed by atoms with Gasteiger partial charge < -0.3 is 4.90 Å². The van der Waals surface area contributed by atoms with Crippen LogP contribution in [0.5, 0.6) is 0 Å². The first-order valence-electron chi connectivity index (χ1n) is 7.85. The van der Waals surface area contributed by atoms with Gasteiger partial charge in [0.25, 0.3) is 0 Å². The van der Waals surface area contributed by atoms with E-state index < -0.39 is 0 Å². The van der Waals surface area contributed by atoms with Crippen molar-refractivity contribution in [3.63, 3.8) is 0 Å². The van der Waals surface area contributed by atoms with Crippen LogP contribution in [0, 0.1) is 0 Å². The molecule has 0 bridgehead atoms. The largest absolute Gasteiger partial charge is 0.342 e. The Morgan fingerprint density at radius 1 is 1.29 bits per heavy atom. The molecule has 0 aliphatic heterocycles.